The molecule has 0 aliphatic heterocycles. The molecule has 2 aromatic carbocycles. The SMILES string of the molecule is Cc1cc(C)n(Cc2ccc(C(=O)N(C)[C@H](C)c3cc(F)ccc3F)cc2)n1. The van der Waals surface area contributed by atoms with Gasteiger partial charge >= 0.3 is 0 Å². The van der Waals surface area contributed by atoms with Crippen LogP contribution < -0.4 is 0 Å². The maximum Gasteiger partial charge on any atom is 0.254 e. The Balaban J connectivity index is 1.74. The normalized spacial score (nSPS) is 12.1. The Kier molecular flexibility index (Phi) is 5.58. The second-order valence-electron chi connectivity index (χ2n) is 7.04. The summed E-state index contributed by atoms with van der Waals surface area (Å²) in [4.78, 5) is 14.2. The molecule has 1 atom stereocenters. The highest BCUT2D eigenvalue weighted by Gasteiger charge is 2.22. The zero-order chi connectivity index (χ0) is 20.4. The molecule has 3 aromatic rings. The van der Waals surface area contributed by atoms with Gasteiger partial charge in [0, 0.05) is 23.9 Å². The molecule has 0 aliphatic rings. The first-order valence-corrected chi connectivity index (χ1v) is 9.08. The lowest BCUT2D eigenvalue weighted by Crippen LogP contribution is -2.30. The summed E-state index contributed by atoms with van der Waals surface area (Å²) in [5, 5.41) is 4.44. The third kappa shape index (κ3) is 4.11. The van der Waals surface area contributed by atoms with Gasteiger partial charge in [0.1, 0.15) is 11.6 Å². The predicted octanol–water partition coefficient (Wildman–Crippen LogP) is 4.66. The van der Waals surface area contributed by atoms with Crippen LogP contribution in [0.4, 0.5) is 8.78 Å². The van der Waals surface area contributed by atoms with Crippen molar-refractivity contribution in [1.82, 2.24) is 14.7 Å². The summed E-state index contributed by atoms with van der Waals surface area (Å²) in [5.74, 6) is -1.32. The summed E-state index contributed by atoms with van der Waals surface area (Å²) in [7, 11) is 1.58. The molecule has 0 spiro atoms. The van der Waals surface area contributed by atoms with E-state index in [0.29, 0.717) is 12.1 Å². The largest absolute Gasteiger partial charge is 0.335 e. The molecular formula is C22H23F2N3O. The highest BCUT2D eigenvalue weighted by molar-refractivity contribution is 5.94. The summed E-state index contributed by atoms with van der Waals surface area (Å²) in [6.07, 6.45) is 0. The second kappa shape index (κ2) is 7.92. The van der Waals surface area contributed by atoms with Gasteiger partial charge in [-0.3, -0.25) is 9.48 Å². The van der Waals surface area contributed by atoms with Gasteiger partial charge in [0.25, 0.3) is 5.91 Å². The Labute approximate surface area is 163 Å². The predicted molar refractivity (Wildman–Crippen MR) is 104 cm³/mol. The number of carbonyl (C=O) groups is 1. The molecule has 28 heavy (non-hydrogen) atoms. The summed E-state index contributed by atoms with van der Waals surface area (Å²) in [5.41, 5.74) is 3.70. The van der Waals surface area contributed by atoms with E-state index in [1.54, 1.807) is 26.1 Å². The monoisotopic (exact) mass is 383 g/mol. The fraction of sp³-hybridized carbons (Fsp3) is 0.273. The third-order valence-electron chi connectivity index (χ3n) is 4.95. The van der Waals surface area contributed by atoms with Crippen molar-refractivity contribution in [1.29, 1.82) is 0 Å². The zero-order valence-electron chi connectivity index (χ0n) is 16.4. The molecule has 0 N–H and O–H groups in total. The molecule has 1 aromatic heterocycles. The molecule has 4 nitrogen and oxygen atoms in total. The lowest BCUT2D eigenvalue weighted by Gasteiger charge is -2.26. The van der Waals surface area contributed by atoms with Gasteiger partial charge in [-0.25, -0.2) is 8.78 Å². The minimum absolute atomic E-state index is 0.150. The molecule has 0 unspecified atom stereocenters. The highest BCUT2D eigenvalue weighted by atomic mass is 19.1. The van der Waals surface area contributed by atoms with Gasteiger partial charge in [-0.05, 0) is 62.7 Å². The van der Waals surface area contributed by atoms with Crippen LogP contribution in [0.15, 0.2) is 48.5 Å². The fourth-order valence-electron chi connectivity index (χ4n) is 3.18. The van der Waals surface area contributed by atoms with E-state index in [4.69, 9.17) is 0 Å². The van der Waals surface area contributed by atoms with Crippen LogP contribution in [0.3, 0.4) is 0 Å². The van der Waals surface area contributed by atoms with E-state index in [1.165, 1.54) is 4.90 Å². The number of aryl methyl sites for hydroxylation is 2. The highest BCUT2D eigenvalue weighted by Crippen LogP contribution is 2.24. The minimum atomic E-state index is -0.599. The van der Waals surface area contributed by atoms with Crippen LogP contribution in [0.25, 0.3) is 0 Å². The molecule has 3 rings (SSSR count). The quantitative estimate of drug-likeness (QED) is 0.643. The first kappa shape index (κ1) is 19.7. The van der Waals surface area contributed by atoms with Crippen molar-refractivity contribution in [3.63, 3.8) is 0 Å². The van der Waals surface area contributed by atoms with E-state index < -0.39 is 17.7 Å². The molecule has 0 saturated heterocycles. The van der Waals surface area contributed by atoms with Gasteiger partial charge in [0.2, 0.25) is 0 Å². The molecule has 146 valence electrons. The first-order chi connectivity index (χ1) is 13.3. The number of hydrogen-bond acceptors (Lipinski definition) is 2. The number of aromatic nitrogens is 2. The Morgan fingerprint density at radius 1 is 1.11 bits per heavy atom. The number of benzene rings is 2. The summed E-state index contributed by atoms with van der Waals surface area (Å²) < 4.78 is 29.4. The first-order valence-electron chi connectivity index (χ1n) is 9.08. The Morgan fingerprint density at radius 3 is 2.39 bits per heavy atom. The molecule has 6 heteroatoms. The van der Waals surface area contributed by atoms with Crippen LogP contribution in [0, 0.1) is 25.5 Å². The van der Waals surface area contributed by atoms with Crippen molar-refractivity contribution in [2.24, 2.45) is 0 Å². The van der Waals surface area contributed by atoms with E-state index >= 15 is 0 Å². The van der Waals surface area contributed by atoms with Crippen LogP contribution >= 0.6 is 0 Å². The van der Waals surface area contributed by atoms with Crippen LogP contribution in [0.1, 0.15) is 45.8 Å². The summed E-state index contributed by atoms with van der Waals surface area (Å²) in [6, 6.07) is 11.9. The maximum absolute atomic E-state index is 14.0. The lowest BCUT2D eigenvalue weighted by molar-refractivity contribution is 0.0740. The van der Waals surface area contributed by atoms with Gasteiger partial charge in [0.05, 0.1) is 18.3 Å². The van der Waals surface area contributed by atoms with Crippen molar-refractivity contribution in [2.75, 3.05) is 7.05 Å². The van der Waals surface area contributed by atoms with Crippen molar-refractivity contribution >= 4 is 5.91 Å². The van der Waals surface area contributed by atoms with Gasteiger partial charge < -0.3 is 4.90 Å². The Hall–Kier alpha value is -3.02. The smallest absolute Gasteiger partial charge is 0.254 e. The number of halogens is 2. The molecular weight excluding hydrogens is 360 g/mol. The maximum atomic E-state index is 14.0. The Bertz CT molecular complexity index is 996. The zero-order valence-corrected chi connectivity index (χ0v) is 16.4. The summed E-state index contributed by atoms with van der Waals surface area (Å²) >= 11 is 0. The molecule has 0 saturated carbocycles. The Morgan fingerprint density at radius 2 is 1.79 bits per heavy atom. The fourth-order valence-corrected chi connectivity index (χ4v) is 3.18. The van der Waals surface area contributed by atoms with E-state index in [-0.39, 0.29) is 11.5 Å². The number of nitrogens with zero attached hydrogens (tertiary/aromatic N) is 3. The number of carbonyl (C=O) groups excluding carboxylic acids is 1. The van der Waals surface area contributed by atoms with Gasteiger partial charge in [-0.2, -0.15) is 5.10 Å². The molecule has 0 radical (unpaired) electrons. The second-order valence-corrected chi connectivity index (χ2v) is 7.04. The van der Waals surface area contributed by atoms with Crippen molar-refractivity contribution in [3.05, 3.63) is 88.2 Å². The van der Waals surface area contributed by atoms with E-state index in [0.717, 1.165) is 35.2 Å². The standard InChI is InChI=1S/C22H23F2N3O/c1-14-11-15(2)27(25-14)13-17-5-7-18(8-6-17)22(28)26(4)16(3)20-12-19(23)9-10-21(20)24/h5-12,16H,13H2,1-4H3/t16-/m1/s1. The van der Waals surface area contributed by atoms with Crippen LogP contribution in [-0.4, -0.2) is 27.6 Å². The molecule has 0 bridgehead atoms. The van der Waals surface area contributed by atoms with Crippen molar-refractivity contribution < 1.29 is 13.6 Å². The molecule has 0 aliphatic carbocycles. The van der Waals surface area contributed by atoms with E-state index in [1.807, 2.05) is 36.7 Å². The third-order valence-corrected chi connectivity index (χ3v) is 4.95. The molecule has 1 amide bonds. The number of hydrogen-bond donors (Lipinski definition) is 0. The van der Waals surface area contributed by atoms with Gasteiger partial charge in [-0.15, -0.1) is 0 Å². The van der Waals surface area contributed by atoms with E-state index in [2.05, 4.69) is 5.10 Å². The number of amides is 1. The van der Waals surface area contributed by atoms with Crippen LogP contribution in [0.2, 0.25) is 0 Å². The minimum Gasteiger partial charge on any atom is -0.335 e. The van der Waals surface area contributed by atoms with Crippen molar-refractivity contribution in [3.8, 4) is 0 Å². The lowest BCUT2D eigenvalue weighted by atomic mass is 10.0. The summed E-state index contributed by atoms with van der Waals surface area (Å²) in [6.45, 7) is 6.24. The van der Waals surface area contributed by atoms with Crippen LogP contribution in [0.5, 0.6) is 0 Å². The van der Waals surface area contributed by atoms with Crippen LogP contribution in [-0.2, 0) is 6.54 Å². The van der Waals surface area contributed by atoms with E-state index in [9.17, 15) is 13.6 Å². The molecule has 1 heterocycles. The average Bonchev–Trinajstić information content (AvgIpc) is 2.99. The average molecular weight is 383 g/mol. The topological polar surface area (TPSA) is 38.1 Å². The number of rotatable bonds is 5. The molecule has 0 fully saturated rings. The van der Waals surface area contributed by atoms with Gasteiger partial charge in [0.15, 0.2) is 0 Å². The van der Waals surface area contributed by atoms with Crippen molar-refractivity contribution in [2.45, 2.75) is 33.4 Å². The van der Waals surface area contributed by atoms with Gasteiger partial charge in [-0.1, -0.05) is 12.1 Å².